The average Bonchev–Trinajstić information content (AvgIpc) is 3.38. The van der Waals surface area contributed by atoms with Gasteiger partial charge >= 0.3 is 5.69 Å². The Kier molecular flexibility index (Phi) is 5.93. The fourth-order valence-corrected chi connectivity index (χ4v) is 3.10. The second-order valence-corrected chi connectivity index (χ2v) is 7.18. The molecule has 0 N–H and O–H groups in total. The van der Waals surface area contributed by atoms with Crippen LogP contribution < -0.4 is 5.69 Å². The molecule has 2 heterocycles. The van der Waals surface area contributed by atoms with Crippen LogP contribution in [0.3, 0.4) is 0 Å². The number of rotatable bonds is 6. The van der Waals surface area contributed by atoms with Crippen molar-refractivity contribution >= 4 is 22.7 Å². The van der Waals surface area contributed by atoms with Crippen molar-refractivity contribution in [2.45, 2.75) is 33.8 Å². The summed E-state index contributed by atoms with van der Waals surface area (Å²) in [7, 11) is 1.55. The summed E-state index contributed by atoms with van der Waals surface area (Å²) >= 11 is 0. The Morgan fingerprint density at radius 2 is 1.94 bits per heavy atom. The van der Waals surface area contributed by atoms with Crippen LogP contribution >= 0.6 is 0 Å². The highest BCUT2D eigenvalue weighted by Crippen LogP contribution is 2.19. The first-order valence-electron chi connectivity index (χ1n) is 10.2. The molecule has 0 unspecified atom stereocenters. The minimum atomic E-state index is -0.334. The van der Waals surface area contributed by atoms with Crippen molar-refractivity contribution in [2.24, 2.45) is 17.3 Å². The van der Waals surface area contributed by atoms with Crippen molar-refractivity contribution < 1.29 is 9.15 Å². The molecule has 0 aliphatic carbocycles. The second kappa shape index (κ2) is 8.96. The monoisotopic (exact) mass is 433 g/mol. The lowest BCUT2D eigenvalue weighted by atomic mass is 10.1. The summed E-state index contributed by atoms with van der Waals surface area (Å²) in [5.74, 6) is 0.856. The molecule has 2 aromatic carbocycles. The van der Waals surface area contributed by atoms with Crippen LogP contribution in [0.1, 0.15) is 37.3 Å². The van der Waals surface area contributed by atoms with Crippen LogP contribution in [0.2, 0.25) is 0 Å². The molecule has 0 radical (unpaired) electrons. The fourth-order valence-electron chi connectivity index (χ4n) is 3.10. The lowest BCUT2D eigenvalue weighted by Crippen LogP contribution is -2.23. The van der Waals surface area contributed by atoms with E-state index in [2.05, 4.69) is 25.6 Å². The standard InChI is InChI=1S/C22H23N7O3/c1-5-20(25-24-15(3)21-23-17-10-6-7-12-19(17)32-21)31-13-16-14(2)9-8-11-18(16)29-22(30)28(4)26-27-29/h6-12H,5,13H2,1-4H3/b24-15?,25-20-. The molecule has 4 aromatic rings. The third kappa shape index (κ3) is 4.20. The predicted molar refractivity (Wildman–Crippen MR) is 120 cm³/mol. The van der Waals surface area contributed by atoms with Crippen LogP contribution in [0.25, 0.3) is 16.8 Å². The molecule has 10 heteroatoms. The SMILES string of the molecule is CC/C(=N/N=C(C)c1nc2ccccc2o1)OCc1c(C)cccc1-n1nnn(C)c1=O. The smallest absolute Gasteiger partial charge is 0.368 e. The zero-order chi connectivity index (χ0) is 22.7. The van der Waals surface area contributed by atoms with Crippen molar-refractivity contribution in [3.8, 4) is 5.69 Å². The summed E-state index contributed by atoms with van der Waals surface area (Å²) in [5, 5.41) is 16.2. The molecule has 10 nitrogen and oxygen atoms in total. The summed E-state index contributed by atoms with van der Waals surface area (Å²) in [6.45, 7) is 5.85. The maximum absolute atomic E-state index is 12.3. The number of fused-ring (bicyclic) bond motifs is 1. The zero-order valence-electron chi connectivity index (χ0n) is 18.3. The molecule has 164 valence electrons. The minimum absolute atomic E-state index is 0.204. The molecule has 0 bridgehead atoms. The van der Waals surface area contributed by atoms with E-state index in [1.54, 1.807) is 20.0 Å². The maximum atomic E-state index is 12.3. The predicted octanol–water partition coefficient (Wildman–Crippen LogP) is 3.16. The molecule has 0 saturated heterocycles. The third-order valence-electron chi connectivity index (χ3n) is 4.94. The lowest BCUT2D eigenvalue weighted by molar-refractivity contribution is 0.282. The molecule has 0 spiro atoms. The van der Waals surface area contributed by atoms with Crippen molar-refractivity contribution in [1.82, 2.24) is 24.8 Å². The lowest BCUT2D eigenvalue weighted by Gasteiger charge is -2.13. The summed E-state index contributed by atoms with van der Waals surface area (Å²) in [5.41, 5.74) is 4.05. The average molecular weight is 433 g/mol. The number of benzene rings is 2. The Morgan fingerprint density at radius 3 is 2.66 bits per heavy atom. The number of para-hydroxylation sites is 2. The van der Waals surface area contributed by atoms with E-state index in [4.69, 9.17) is 9.15 Å². The van der Waals surface area contributed by atoms with Crippen molar-refractivity contribution in [2.75, 3.05) is 0 Å². The first-order valence-corrected chi connectivity index (χ1v) is 10.2. The van der Waals surface area contributed by atoms with Crippen LogP contribution in [0, 0.1) is 6.92 Å². The quantitative estimate of drug-likeness (QED) is 0.262. The van der Waals surface area contributed by atoms with Gasteiger partial charge in [0.25, 0.3) is 0 Å². The number of ether oxygens (including phenoxy) is 1. The number of oxazole rings is 1. The van der Waals surface area contributed by atoms with Gasteiger partial charge in [0.2, 0.25) is 11.8 Å². The van der Waals surface area contributed by atoms with E-state index in [1.165, 1.54) is 9.36 Å². The topological polar surface area (TPSA) is 113 Å². The Morgan fingerprint density at radius 1 is 1.12 bits per heavy atom. The summed E-state index contributed by atoms with van der Waals surface area (Å²) in [6, 6.07) is 13.1. The highest BCUT2D eigenvalue weighted by atomic mass is 16.5. The second-order valence-electron chi connectivity index (χ2n) is 7.18. The van der Waals surface area contributed by atoms with Gasteiger partial charge in [0.05, 0.1) is 5.69 Å². The van der Waals surface area contributed by atoms with Gasteiger partial charge in [0, 0.05) is 19.0 Å². The minimum Gasteiger partial charge on any atom is -0.475 e. The van der Waals surface area contributed by atoms with E-state index in [9.17, 15) is 4.79 Å². The van der Waals surface area contributed by atoms with Crippen LogP contribution in [0.4, 0.5) is 0 Å². The van der Waals surface area contributed by atoms with Gasteiger partial charge in [-0.25, -0.2) is 9.78 Å². The molecule has 0 atom stereocenters. The number of hydrogen-bond donors (Lipinski definition) is 0. The fraction of sp³-hybridized carbons (Fsp3) is 0.273. The van der Waals surface area contributed by atoms with Gasteiger partial charge in [0.15, 0.2) is 5.58 Å². The first kappa shape index (κ1) is 21.2. The third-order valence-corrected chi connectivity index (χ3v) is 4.94. The molecule has 32 heavy (non-hydrogen) atoms. The van der Waals surface area contributed by atoms with Gasteiger partial charge in [0.1, 0.15) is 17.8 Å². The summed E-state index contributed by atoms with van der Waals surface area (Å²) in [4.78, 5) is 16.7. The van der Waals surface area contributed by atoms with Crippen LogP contribution in [0.5, 0.6) is 0 Å². The number of aromatic nitrogens is 5. The molecule has 4 rings (SSSR count). The molecule has 0 aliphatic rings. The Balaban J connectivity index is 1.56. The number of aryl methyl sites for hydroxylation is 2. The zero-order valence-corrected chi connectivity index (χ0v) is 18.3. The molecule has 0 amide bonds. The van der Waals surface area contributed by atoms with Gasteiger partial charge in [-0.15, -0.1) is 10.2 Å². The van der Waals surface area contributed by atoms with E-state index in [1.807, 2.05) is 50.2 Å². The van der Waals surface area contributed by atoms with Gasteiger partial charge < -0.3 is 9.15 Å². The van der Waals surface area contributed by atoms with Gasteiger partial charge in [-0.2, -0.15) is 9.36 Å². The van der Waals surface area contributed by atoms with Crippen molar-refractivity contribution in [3.63, 3.8) is 0 Å². The normalized spacial score (nSPS) is 12.5. The molecular weight excluding hydrogens is 410 g/mol. The summed E-state index contributed by atoms with van der Waals surface area (Å²) in [6.07, 6.45) is 0.538. The van der Waals surface area contributed by atoms with Crippen LogP contribution in [0.15, 0.2) is 61.9 Å². The molecule has 0 fully saturated rings. The Hall–Kier alpha value is -4.08. The van der Waals surface area contributed by atoms with Gasteiger partial charge in [-0.1, -0.05) is 31.2 Å². The molecule has 2 aromatic heterocycles. The van der Waals surface area contributed by atoms with Gasteiger partial charge in [-0.05, 0) is 48.0 Å². The number of tetrazole rings is 1. The molecular formula is C22H23N7O3. The maximum Gasteiger partial charge on any atom is 0.368 e. The van der Waals surface area contributed by atoms with Crippen molar-refractivity contribution in [1.29, 1.82) is 0 Å². The molecule has 0 saturated carbocycles. The van der Waals surface area contributed by atoms with Gasteiger partial charge in [-0.3, -0.25) is 0 Å². The van der Waals surface area contributed by atoms with Crippen molar-refractivity contribution in [3.05, 3.63) is 70.0 Å². The Labute approximate surface area is 183 Å². The molecule has 0 aliphatic heterocycles. The Bertz CT molecular complexity index is 1340. The largest absolute Gasteiger partial charge is 0.475 e. The van der Waals surface area contributed by atoms with E-state index in [0.29, 0.717) is 35.2 Å². The van der Waals surface area contributed by atoms with E-state index in [0.717, 1.165) is 16.6 Å². The van der Waals surface area contributed by atoms with Crippen LogP contribution in [-0.2, 0) is 18.4 Å². The number of nitrogens with zero attached hydrogens (tertiary/aromatic N) is 7. The van der Waals surface area contributed by atoms with E-state index in [-0.39, 0.29) is 12.3 Å². The van der Waals surface area contributed by atoms with Crippen LogP contribution in [-0.4, -0.2) is 36.4 Å². The highest BCUT2D eigenvalue weighted by molar-refractivity contribution is 5.96. The number of hydrogen-bond acceptors (Lipinski definition) is 8. The highest BCUT2D eigenvalue weighted by Gasteiger charge is 2.14. The summed E-state index contributed by atoms with van der Waals surface area (Å²) < 4.78 is 14.1. The first-order chi connectivity index (χ1) is 15.5. The van der Waals surface area contributed by atoms with E-state index < -0.39 is 0 Å². The van der Waals surface area contributed by atoms with E-state index >= 15 is 0 Å².